The number of hydrogen-bond donors (Lipinski definition) is 2. The topological polar surface area (TPSA) is 84.2 Å². The summed E-state index contributed by atoms with van der Waals surface area (Å²) in [5.74, 6) is 1.31. The van der Waals surface area contributed by atoms with Crippen molar-refractivity contribution in [2.75, 3.05) is 5.32 Å². The molecule has 0 aliphatic heterocycles. The highest BCUT2D eigenvalue weighted by Gasteiger charge is 2.42. The van der Waals surface area contributed by atoms with Crippen LogP contribution in [0.2, 0.25) is 0 Å². The van der Waals surface area contributed by atoms with Gasteiger partial charge in [-0.2, -0.15) is 0 Å². The summed E-state index contributed by atoms with van der Waals surface area (Å²) in [5.41, 5.74) is 2.80. The number of nitrogens with zero attached hydrogens (tertiary/aromatic N) is 4. The van der Waals surface area contributed by atoms with E-state index in [9.17, 15) is 4.79 Å². The van der Waals surface area contributed by atoms with Crippen molar-refractivity contribution in [2.24, 2.45) is 0 Å². The van der Waals surface area contributed by atoms with Gasteiger partial charge in [0.1, 0.15) is 17.3 Å². The molecule has 0 radical (unpaired) electrons. The zero-order valence-corrected chi connectivity index (χ0v) is 14.3. The fourth-order valence-corrected chi connectivity index (χ4v) is 2.83. The number of anilines is 1. The summed E-state index contributed by atoms with van der Waals surface area (Å²) in [4.78, 5) is 25.5. The smallest absolute Gasteiger partial charge is 0.320 e. The maximum atomic E-state index is 12.2. The monoisotopic (exact) mass is 336 g/mol. The van der Waals surface area contributed by atoms with E-state index in [1.165, 1.54) is 0 Å². The number of aromatic nitrogens is 4. The number of amides is 2. The van der Waals surface area contributed by atoms with Crippen molar-refractivity contribution in [1.82, 2.24) is 24.7 Å². The third-order valence-electron chi connectivity index (χ3n) is 4.68. The minimum atomic E-state index is -0.295. The highest BCUT2D eigenvalue weighted by atomic mass is 16.2. The standard InChI is InChI=1S/C18H20N6O/c1-12-13(24-10-4-3-5-15(24)21-12)11-20-17(25)23-14-6-9-19-16(22-14)18(2)7-8-18/h3-6,9-10H,7-8,11H2,1-2H3,(H2,19,20,22,23,25). The van der Waals surface area contributed by atoms with Gasteiger partial charge in [0.15, 0.2) is 0 Å². The normalized spacial score (nSPS) is 15.1. The average Bonchev–Trinajstić information content (AvgIpc) is 3.27. The van der Waals surface area contributed by atoms with Crippen LogP contribution in [0.15, 0.2) is 36.7 Å². The largest absolute Gasteiger partial charge is 0.332 e. The van der Waals surface area contributed by atoms with E-state index in [4.69, 9.17) is 0 Å². The second-order valence-corrected chi connectivity index (χ2v) is 6.71. The van der Waals surface area contributed by atoms with Crippen molar-refractivity contribution in [1.29, 1.82) is 0 Å². The number of imidazole rings is 1. The maximum Gasteiger partial charge on any atom is 0.320 e. The fraction of sp³-hybridized carbons (Fsp3) is 0.333. The summed E-state index contributed by atoms with van der Waals surface area (Å²) in [6, 6.07) is 7.24. The molecule has 7 heteroatoms. The molecule has 2 amide bonds. The molecule has 0 saturated heterocycles. The predicted molar refractivity (Wildman–Crippen MR) is 94.4 cm³/mol. The first-order chi connectivity index (χ1) is 12.0. The number of aryl methyl sites for hydroxylation is 1. The van der Waals surface area contributed by atoms with Crippen molar-refractivity contribution in [2.45, 2.75) is 38.6 Å². The SMILES string of the molecule is Cc1nc2ccccn2c1CNC(=O)Nc1ccnc(C2(C)CC2)n1. The number of nitrogens with one attached hydrogen (secondary N) is 2. The Bertz CT molecular complexity index is 944. The molecule has 3 aromatic rings. The van der Waals surface area contributed by atoms with Gasteiger partial charge in [0.2, 0.25) is 0 Å². The minimum absolute atomic E-state index is 0.0712. The van der Waals surface area contributed by atoms with Crippen LogP contribution in [0.25, 0.3) is 5.65 Å². The summed E-state index contributed by atoms with van der Waals surface area (Å²) in [5, 5.41) is 5.65. The van der Waals surface area contributed by atoms with Gasteiger partial charge >= 0.3 is 6.03 Å². The van der Waals surface area contributed by atoms with Crippen LogP contribution in [0.1, 0.15) is 37.0 Å². The van der Waals surface area contributed by atoms with Gasteiger partial charge < -0.3 is 9.72 Å². The van der Waals surface area contributed by atoms with Crippen molar-refractivity contribution < 1.29 is 4.79 Å². The van der Waals surface area contributed by atoms with Crippen LogP contribution < -0.4 is 10.6 Å². The molecular formula is C18H20N6O. The number of carbonyl (C=O) groups is 1. The molecular weight excluding hydrogens is 316 g/mol. The molecule has 7 nitrogen and oxygen atoms in total. The molecule has 2 N–H and O–H groups in total. The molecule has 0 atom stereocenters. The fourth-order valence-electron chi connectivity index (χ4n) is 2.83. The third kappa shape index (κ3) is 3.05. The quantitative estimate of drug-likeness (QED) is 0.767. The summed E-state index contributed by atoms with van der Waals surface area (Å²) < 4.78 is 1.98. The molecule has 1 aliphatic rings. The Labute approximate surface area is 145 Å². The number of carbonyl (C=O) groups excluding carboxylic acids is 1. The third-order valence-corrected chi connectivity index (χ3v) is 4.68. The zero-order chi connectivity index (χ0) is 17.4. The molecule has 0 spiro atoms. The Morgan fingerprint density at radius 3 is 2.92 bits per heavy atom. The van der Waals surface area contributed by atoms with Crippen LogP contribution in [-0.2, 0) is 12.0 Å². The van der Waals surface area contributed by atoms with E-state index in [2.05, 4.69) is 32.5 Å². The summed E-state index contributed by atoms with van der Waals surface area (Å²) in [7, 11) is 0. The van der Waals surface area contributed by atoms with Crippen LogP contribution >= 0.6 is 0 Å². The Hall–Kier alpha value is -2.96. The summed E-state index contributed by atoms with van der Waals surface area (Å²) in [6.07, 6.45) is 5.82. The molecule has 0 unspecified atom stereocenters. The van der Waals surface area contributed by atoms with E-state index in [1.54, 1.807) is 12.3 Å². The molecule has 3 heterocycles. The van der Waals surface area contributed by atoms with Gasteiger partial charge in [-0.25, -0.2) is 19.7 Å². The highest BCUT2D eigenvalue weighted by Crippen LogP contribution is 2.45. The number of hydrogen-bond acceptors (Lipinski definition) is 4. The van der Waals surface area contributed by atoms with Gasteiger partial charge in [0.25, 0.3) is 0 Å². The first kappa shape index (κ1) is 15.6. The molecule has 0 bridgehead atoms. The molecule has 4 rings (SSSR count). The Kier molecular flexibility index (Phi) is 3.63. The number of urea groups is 1. The lowest BCUT2D eigenvalue weighted by Crippen LogP contribution is -2.29. The van der Waals surface area contributed by atoms with Crippen molar-refractivity contribution >= 4 is 17.5 Å². The minimum Gasteiger partial charge on any atom is -0.332 e. The van der Waals surface area contributed by atoms with E-state index in [0.29, 0.717) is 12.4 Å². The first-order valence-electron chi connectivity index (χ1n) is 8.36. The van der Waals surface area contributed by atoms with E-state index >= 15 is 0 Å². The highest BCUT2D eigenvalue weighted by molar-refractivity contribution is 5.88. The summed E-state index contributed by atoms with van der Waals surface area (Å²) >= 11 is 0. The molecule has 1 aliphatic carbocycles. The van der Waals surface area contributed by atoms with Crippen LogP contribution in [0.3, 0.4) is 0 Å². The molecule has 25 heavy (non-hydrogen) atoms. The van der Waals surface area contributed by atoms with E-state index in [0.717, 1.165) is 35.7 Å². The molecule has 1 fully saturated rings. The molecule has 3 aromatic heterocycles. The Balaban J connectivity index is 1.43. The molecule has 0 aromatic carbocycles. The van der Waals surface area contributed by atoms with Crippen LogP contribution in [0.4, 0.5) is 10.6 Å². The van der Waals surface area contributed by atoms with Crippen molar-refractivity contribution in [3.63, 3.8) is 0 Å². The van der Waals surface area contributed by atoms with Gasteiger partial charge in [-0.3, -0.25) is 5.32 Å². The van der Waals surface area contributed by atoms with Gasteiger partial charge in [0, 0.05) is 17.8 Å². The maximum absolute atomic E-state index is 12.2. The van der Waals surface area contributed by atoms with Gasteiger partial charge in [0.05, 0.1) is 17.9 Å². The van der Waals surface area contributed by atoms with Crippen LogP contribution in [0.5, 0.6) is 0 Å². The zero-order valence-electron chi connectivity index (χ0n) is 14.3. The van der Waals surface area contributed by atoms with Crippen LogP contribution in [0, 0.1) is 6.92 Å². The molecule has 1 saturated carbocycles. The lowest BCUT2D eigenvalue weighted by Gasteiger charge is -2.10. The lowest BCUT2D eigenvalue weighted by atomic mass is 10.1. The van der Waals surface area contributed by atoms with E-state index in [1.807, 2.05) is 35.7 Å². The van der Waals surface area contributed by atoms with Crippen molar-refractivity contribution in [3.8, 4) is 0 Å². The number of rotatable bonds is 4. The number of pyridine rings is 1. The van der Waals surface area contributed by atoms with Gasteiger partial charge in [-0.15, -0.1) is 0 Å². The Morgan fingerprint density at radius 2 is 2.12 bits per heavy atom. The van der Waals surface area contributed by atoms with Crippen molar-refractivity contribution in [3.05, 3.63) is 53.9 Å². The predicted octanol–water partition coefficient (Wildman–Crippen LogP) is 2.81. The first-order valence-corrected chi connectivity index (χ1v) is 8.36. The van der Waals surface area contributed by atoms with Gasteiger partial charge in [-0.05, 0) is 38.0 Å². The Morgan fingerprint density at radius 1 is 1.28 bits per heavy atom. The van der Waals surface area contributed by atoms with E-state index in [-0.39, 0.29) is 11.4 Å². The van der Waals surface area contributed by atoms with E-state index < -0.39 is 0 Å². The second kappa shape index (κ2) is 5.84. The lowest BCUT2D eigenvalue weighted by molar-refractivity contribution is 0.251. The second-order valence-electron chi connectivity index (χ2n) is 6.71. The summed E-state index contributed by atoms with van der Waals surface area (Å²) in [6.45, 7) is 4.47. The average molecular weight is 336 g/mol. The van der Waals surface area contributed by atoms with Gasteiger partial charge in [-0.1, -0.05) is 13.0 Å². The molecule has 128 valence electrons. The van der Waals surface area contributed by atoms with Crippen LogP contribution in [-0.4, -0.2) is 25.4 Å². The number of fused-ring (bicyclic) bond motifs is 1.